The van der Waals surface area contributed by atoms with Crippen LogP contribution >= 0.6 is 0 Å². The Kier molecular flexibility index (Phi) is 4.24. The van der Waals surface area contributed by atoms with Crippen molar-refractivity contribution in [2.75, 3.05) is 6.54 Å². The van der Waals surface area contributed by atoms with E-state index in [1.54, 1.807) is 17.0 Å². The van der Waals surface area contributed by atoms with Crippen molar-refractivity contribution < 1.29 is 13.7 Å². The monoisotopic (exact) mass is 351 g/mol. The second-order valence-corrected chi connectivity index (χ2v) is 6.46. The van der Waals surface area contributed by atoms with Crippen molar-refractivity contribution in [3.8, 4) is 11.4 Å². The summed E-state index contributed by atoms with van der Waals surface area (Å²) < 4.78 is 19.4. The van der Waals surface area contributed by atoms with E-state index in [1.807, 2.05) is 31.2 Å². The molecule has 1 unspecified atom stereocenters. The van der Waals surface area contributed by atoms with Crippen molar-refractivity contribution in [3.63, 3.8) is 0 Å². The Morgan fingerprint density at radius 1 is 1.23 bits per heavy atom. The molecule has 1 atom stereocenters. The molecule has 1 amide bonds. The van der Waals surface area contributed by atoms with Gasteiger partial charge in [0, 0.05) is 12.1 Å². The minimum atomic E-state index is -0.519. The van der Waals surface area contributed by atoms with Crippen molar-refractivity contribution in [1.82, 2.24) is 15.0 Å². The van der Waals surface area contributed by atoms with Crippen molar-refractivity contribution in [2.45, 2.75) is 25.8 Å². The number of halogens is 1. The molecule has 1 saturated heterocycles. The molecule has 5 nitrogen and oxygen atoms in total. The molecule has 1 fully saturated rings. The van der Waals surface area contributed by atoms with Gasteiger partial charge in [0.1, 0.15) is 11.9 Å². The van der Waals surface area contributed by atoms with Crippen LogP contribution in [0.1, 0.15) is 40.7 Å². The van der Waals surface area contributed by atoms with Crippen LogP contribution < -0.4 is 0 Å². The van der Waals surface area contributed by atoms with Gasteiger partial charge in [-0.25, -0.2) is 4.39 Å². The fourth-order valence-electron chi connectivity index (χ4n) is 3.33. The number of benzene rings is 2. The summed E-state index contributed by atoms with van der Waals surface area (Å²) in [6, 6.07) is 13.5. The number of aryl methyl sites for hydroxylation is 1. The van der Waals surface area contributed by atoms with Crippen LogP contribution in [-0.2, 0) is 0 Å². The zero-order chi connectivity index (χ0) is 18.1. The first-order valence-electron chi connectivity index (χ1n) is 8.59. The fraction of sp³-hybridized carbons (Fsp3) is 0.250. The fourth-order valence-corrected chi connectivity index (χ4v) is 3.33. The third kappa shape index (κ3) is 2.98. The maximum absolute atomic E-state index is 14.0. The topological polar surface area (TPSA) is 59.2 Å². The van der Waals surface area contributed by atoms with Crippen LogP contribution in [0.3, 0.4) is 0 Å². The second kappa shape index (κ2) is 6.71. The first-order valence-corrected chi connectivity index (χ1v) is 8.59. The minimum Gasteiger partial charge on any atom is -0.337 e. The van der Waals surface area contributed by atoms with Crippen molar-refractivity contribution in [2.24, 2.45) is 0 Å². The zero-order valence-corrected chi connectivity index (χ0v) is 14.4. The van der Waals surface area contributed by atoms with Gasteiger partial charge in [0.15, 0.2) is 0 Å². The molecule has 6 heteroatoms. The number of hydrogen-bond acceptors (Lipinski definition) is 4. The predicted octanol–water partition coefficient (Wildman–Crippen LogP) is 4.16. The number of carbonyl (C=O) groups excluding carboxylic acids is 1. The molecular weight excluding hydrogens is 333 g/mol. The van der Waals surface area contributed by atoms with Gasteiger partial charge < -0.3 is 9.42 Å². The van der Waals surface area contributed by atoms with Gasteiger partial charge in [0.2, 0.25) is 11.7 Å². The molecule has 3 aromatic rings. The predicted molar refractivity (Wildman–Crippen MR) is 93.9 cm³/mol. The summed E-state index contributed by atoms with van der Waals surface area (Å²) in [5, 5.41) is 4.06. The van der Waals surface area contributed by atoms with E-state index in [2.05, 4.69) is 10.1 Å². The highest BCUT2D eigenvalue weighted by molar-refractivity contribution is 5.94. The summed E-state index contributed by atoms with van der Waals surface area (Å²) in [6.07, 6.45) is 1.53. The van der Waals surface area contributed by atoms with Crippen LogP contribution in [0, 0.1) is 12.7 Å². The molecule has 26 heavy (non-hydrogen) atoms. The first-order chi connectivity index (χ1) is 12.6. The van der Waals surface area contributed by atoms with E-state index in [1.165, 1.54) is 12.1 Å². The van der Waals surface area contributed by atoms with Gasteiger partial charge in [-0.05, 0) is 38.0 Å². The molecular formula is C20H18FN3O2. The number of amides is 1. The third-order valence-electron chi connectivity index (χ3n) is 4.62. The Balaban J connectivity index is 1.61. The summed E-state index contributed by atoms with van der Waals surface area (Å²) in [4.78, 5) is 18.9. The number of hydrogen-bond donors (Lipinski definition) is 0. The standard InChI is InChI=1S/C20H18FN3O2/c1-13-6-4-7-14(12-13)18-22-19(26-23-18)17-10-5-11-24(17)20(25)15-8-2-3-9-16(15)21/h2-4,6-9,12,17H,5,10-11H2,1H3. The van der Waals surface area contributed by atoms with Crippen molar-refractivity contribution >= 4 is 5.91 Å². The Labute approximate surface area is 150 Å². The molecule has 0 bridgehead atoms. The molecule has 1 aliphatic heterocycles. The molecule has 0 saturated carbocycles. The van der Waals surface area contributed by atoms with Crippen LogP contribution in [-0.4, -0.2) is 27.5 Å². The zero-order valence-electron chi connectivity index (χ0n) is 14.4. The van der Waals surface area contributed by atoms with E-state index >= 15 is 0 Å². The molecule has 1 aliphatic rings. The molecule has 2 heterocycles. The SMILES string of the molecule is Cc1cccc(-c2noc(C3CCCN3C(=O)c3ccccc3F)n2)c1. The minimum absolute atomic E-state index is 0.0674. The van der Waals surface area contributed by atoms with Crippen LogP contribution in [0.4, 0.5) is 4.39 Å². The lowest BCUT2D eigenvalue weighted by molar-refractivity contribution is 0.0705. The van der Waals surface area contributed by atoms with Gasteiger partial charge in [-0.2, -0.15) is 4.98 Å². The molecule has 2 aromatic carbocycles. The first kappa shape index (κ1) is 16.4. The lowest BCUT2D eigenvalue weighted by Gasteiger charge is -2.22. The second-order valence-electron chi connectivity index (χ2n) is 6.46. The Morgan fingerprint density at radius 2 is 2.08 bits per heavy atom. The number of rotatable bonds is 3. The van der Waals surface area contributed by atoms with E-state index in [9.17, 15) is 9.18 Å². The molecule has 4 rings (SSSR count). The summed E-state index contributed by atoms with van der Waals surface area (Å²) in [5.74, 6) is 0.0209. The number of carbonyl (C=O) groups is 1. The van der Waals surface area contributed by atoms with Crippen LogP contribution in [0.2, 0.25) is 0 Å². The Morgan fingerprint density at radius 3 is 2.88 bits per heavy atom. The Bertz CT molecular complexity index is 953. The lowest BCUT2D eigenvalue weighted by atomic mass is 10.1. The number of likely N-dealkylation sites (tertiary alicyclic amines) is 1. The Hall–Kier alpha value is -3.02. The highest BCUT2D eigenvalue weighted by atomic mass is 19.1. The maximum Gasteiger partial charge on any atom is 0.257 e. The van der Waals surface area contributed by atoms with Crippen molar-refractivity contribution in [1.29, 1.82) is 0 Å². The normalized spacial score (nSPS) is 16.8. The van der Waals surface area contributed by atoms with Gasteiger partial charge in [-0.1, -0.05) is 41.1 Å². The van der Waals surface area contributed by atoms with E-state index in [0.29, 0.717) is 18.3 Å². The molecule has 1 aromatic heterocycles. The van der Waals surface area contributed by atoms with Crippen LogP contribution in [0.15, 0.2) is 53.1 Å². The third-order valence-corrected chi connectivity index (χ3v) is 4.62. The van der Waals surface area contributed by atoms with Gasteiger partial charge in [0.05, 0.1) is 5.56 Å². The summed E-state index contributed by atoms with van der Waals surface area (Å²) in [7, 11) is 0. The molecule has 132 valence electrons. The van der Waals surface area contributed by atoms with E-state index in [0.717, 1.165) is 24.0 Å². The molecule has 0 spiro atoms. The highest BCUT2D eigenvalue weighted by Gasteiger charge is 2.35. The summed E-state index contributed by atoms with van der Waals surface area (Å²) in [5.41, 5.74) is 2.04. The van der Waals surface area contributed by atoms with E-state index in [4.69, 9.17) is 4.52 Å². The van der Waals surface area contributed by atoms with Crippen molar-refractivity contribution in [3.05, 3.63) is 71.4 Å². The largest absolute Gasteiger partial charge is 0.337 e. The van der Waals surface area contributed by atoms with Gasteiger partial charge in [-0.3, -0.25) is 4.79 Å². The number of aromatic nitrogens is 2. The van der Waals surface area contributed by atoms with Gasteiger partial charge >= 0.3 is 0 Å². The molecule has 0 N–H and O–H groups in total. The molecule has 0 radical (unpaired) electrons. The number of nitrogens with zero attached hydrogens (tertiary/aromatic N) is 3. The quantitative estimate of drug-likeness (QED) is 0.711. The van der Waals surface area contributed by atoms with Crippen LogP contribution in [0.25, 0.3) is 11.4 Å². The van der Waals surface area contributed by atoms with E-state index < -0.39 is 5.82 Å². The average molecular weight is 351 g/mol. The summed E-state index contributed by atoms with van der Waals surface area (Å²) in [6.45, 7) is 2.54. The lowest BCUT2D eigenvalue weighted by Crippen LogP contribution is -2.31. The highest BCUT2D eigenvalue weighted by Crippen LogP contribution is 2.33. The summed E-state index contributed by atoms with van der Waals surface area (Å²) >= 11 is 0. The van der Waals surface area contributed by atoms with E-state index in [-0.39, 0.29) is 17.5 Å². The average Bonchev–Trinajstić information content (AvgIpc) is 3.31. The van der Waals surface area contributed by atoms with Crippen LogP contribution in [0.5, 0.6) is 0 Å². The maximum atomic E-state index is 14.0. The van der Waals surface area contributed by atoms with Gasteiger partial charge in [-0.15, -0.1) is 0 Å². The van der Waals surface area contributed by atoms with Gasteiger partial charge in [0.25, 0.3) is 5.91 Å². The molecule has 0 aliphatic carbocycles. The smallest absolute Gasteiger partial charge is 0.257 e.